The number of hydrogen-bond donors (Lipinski definition) is 1. The van der Waals surface area contributed by atoms with E-state index >= 15 is 0 Å². The first kappa shape index (κ1) is 18.7. The van der Waals surface area contributed by atoms with Gasteiger partial charge in [0, 0.05) is 29.9 Å². The highest BCUT2D eigenvalue weighted by Gasteiger charge is 2.51. The van der Waals surface area contributed by atoms with Gasteiger partial charge in [0.1, 0.15) is 11.6 Å². The smallest absolute Gasteiger partial charge is 0.266 e. The zero-order valence-corrected chi connectivity index (χ0v) is 15.3. The van der Waals surface area contributed by atoms with Crippen LogP contribution in [-0.2, 0) is 16.0 Å². The Morgan fingerprint density at radius 3 is 2.69 bits per heavy atom. The minimum atomic E-state index is -2.17. The monoisotopic (exact) mass is 423 g/mol. The summed E-state index contributed by atoms with van der Waals surface area (Å²) in [6.45, 7) is -0.0134. The maximum atomic E-state index is 13.9. The number of benzene rings is 2. The first-order valence-electron chi connectivity index (χ1n) is 8.08. The first-order chi connectivity index (χ1) is 12.3. The quantitative estimate of drug-likeness (QED) is 0.749. The topological polar surface area (TPSA) is 57.6 Å². The van der Waals surface area contributed by atoms with Gasteiger partial charge in [-0.05, 0) is 36.2 Å². The van der Waals surface area contributed by atoms with E-state index < -0.39 is 28.9 Å². The molecule has 1 amide bonds. The van der Waals surface area contributed by atoms with Crippen molar-refractivity contribution in [3.05, 3.63) is 64.1 Å². The summed E-state index contributed by atoms with van der Waals surface area (Å²) in [5.74, 6) is -3.16. The highest BCUT2D eigenvalue weighted by Crippen LogP contribution is 2.32. The van der Waals surface area contributed by atoms with Crippen molar-refractivity contribution in [2.75, 3.05) is 11.4 Å². The molecule has 1 aliphatic heterocycles. The zero-order chi connectivity index (χ0) is 18.9. The molecule has 0 unspecified atom stereocenters. The summed E-state index contributed by atoms with van der Waals surface area (Å²) in [4.78, 5) is 26.0. The van der Waals surface area contributed by atoms with Gasteiger partial charge in [-0.15, -0.1) is 0 Å². The Labute approximate surface area is 157 Å². The molecule has 1 aliphatic rings. The Kier molecular flexibility index (Phi) is 5.20. The molecule has 0 radical (unpaired) electrons. The number of nitrogens with zero attached hydrogens (tertiary/aromatic N) is 1. The second-order valence-electron chi connectivity index (χ2n) is 6.22. The molecule has 2 aromatic rings. The third-order valence-corrected chi connectivity index (χ3v) is 4.98. The average Bonchev–Trinajstić information content (AvgIpc) is 2.90. The molecule has 7 heteroatoms. The predicted molar refractivity (Wildman–Crippen MR) is 95.7 cm³/mol. The minimum Gasteiger partial charge on any atom is -0.373 e. The van der Waals surface area contributed by atoms with Gasteiger partial charge in [0.25, 0.3) is 5.91 Å². The lowest BCUT2D eigenvalue weighted by atomic mass is 9.92. The molecule has 0 bridgehead atoms. The zero-order valence-electron chi connectivity index (χ0n) is 13.7. The third kappa shape index (κ3) is 3.54. The highest BCUT2D eigenvalue weighted by molar-refractivity contribution is 9.10. The molecule has 1 fully saturated rings. The number of anilines is 1. The fourth-order valence-electron chi connectivity index (χ4n) is 3.05. The van der Waals surface area contributed by atoms with Crippen LogP contribution in [0.4, 0.5) is 14.5 Å². The number of rotatable bonds is 5. The normalized spacial score (nSPS) is 19.8. The number of hydrogen-bond acceptors (Lipinski definition) is 3. The fourth-order valence-corrected chi connectivity index (χ4v) is 3.50. The van der Waals surface area contributed by atoms with Gasteiger partial charge in [0.15, 0.2) is 5.78 Å². The van der Waals surface area contributed by atoms with Crippen LogP contribution >= 0.6 is 15.9 Å². The molecule has 3 rings (SSSR count). The lowest BCUT2D eigenvalue weighted by Gasteiger charge is -2.21. The molecular formula is C19H16BrF2NO3. The number of Topliss-reactive ketones (excluding diaryl/α,β-unsaturated/α-hetero) is 1. The van der Waals surface area contributed by atoms with E-state index in [1.807, 2.05) is 24.3 Å². The van der Waals surface area contributed by atoms with Crippen molar-refractivity contribution < 1.29 is 23.5 Å². The molecule has 0 aliphatic carbocycles. The Bertz CT molecular complexity index is 874. The van der Waals surface area contributed by atoms with E-state index in [9.17, 15) is 23.5 Å². The molecule has 2 aromatic carbocycles. The number of halogens is 3. The van der Waals surface area contributed by atoms with Crippen LogP contribution in [-0.4, -0.2) is 28.9 Å². The van der Waals surface area contributed by atoms with E-state index in [-0.39, 0.29) is 25.1 Å². The van der Waals surface area contributed by atoms with Crippen molar-refractivity contribution in [2.45, 2.75) is 24.9 Å². The van der Waals surface area contributed by atoms with Crippen LogP contribution in [0.25, 0.3) is 0 Å². The van der Waals surface area contributed by atoms with Gasteiger partial charge < -0.3 is 10.0 Å². The van der Waals surface area contributed by atoms with Crippen molar-refractivity contribution in [3.8, 4) is 0 Å². The molecule has 136 valence electrons. The maximum Gasteiger partial charge on any atom is 0.266 e. The number of ketones is 1. The van der Waals surface area contributed by atoms with Crippen LogP contribution in [0.5, 0.6) is 0 Å². The van der Waals surface area contributed by atoms with Crippen molar-refractivity contribution in [3.63, 3.8) is 0 Å². The van der Waals surface area contributed by atoms with Crippen molar-refractivity contribution in [1.82, 2.24) is 0 Å². The first-order valence-corrected chi connectivity index (χ1v) is 8.88. The molecule has 0 aromatic heterocycles. The summed E-state index contributed by atoms with van der Waals surface area (Å²) in [5.41, 5.74) is -1.43. The number of amides is 1. The van der Waals surface area contributed by atoms with Crippen LogP contribution in [0.15, 0.2) is 46.9 Å². The fraction of sp³-hybridized carbons (Fsp3) is 0.263. The van der Waals surface area contributed by atoms with Gasteiger partial charge in [-0.1, -0.05) is 28.1 Å². The second-order valence-corrected chi connectivity index (χ2v) is 7.13. The Morgan fingerprint density at radius 1 is 1.23 bits per heavy atom. The van der Waals surface area contributed by atoms with E-state index in [0.29, 0.717) is 12.5 Å². The van der Waals surface area contributed by atoms with Crippen molar-refractivity contribution in [1.29, 1.82) is 0 Å². The van der Waals surface area contributed by atoms with Gasteiger partial charge in [-0.25, -0.2) is 8.78 Å². The molecule has 1 saturated heterocycles. The summed E-state index contributed by atoms with van der Waals surface area (Å²) in [7, 11) is 0. The van der Waals surface area contributed by atoms with Crippen LogP contribution in [0, 0.1) is 11.6 Å². The number of carbonyl (C=O) groups excluding carboxylic acids is 2. The van der Waals surface area contributed by atoms with Crippen LogP contribution in [0.3, 0.4) is 0 Å². The molecule has 1 heterocycles. The van der Waals surface area contributed by atoms with Crippen molar-refractivity contribution >= 4 is 33.3 Å². The van der Waals surface area contributed by atoms with E-state index in [2.05, 4.69) is 15.9 Å². The van der Waals surface area contributed by atoms with Gasteiger partial charge >= 0.3 is 0 Å². The Balaban J connectivity index is 1.73. The number of carbonyl (C=O) groups is 2. The van der Waals surface area contributed by atoms with E-state index in [1.165, 1.54) is 0 Å². The highest BCUT2D eigenvalue weighted by atomic mass is 79.9. The van der Waals surface area contributed by atoms with Gasteiger partial charge in [0.2, 0.25) is 5.60 Å². The summed E-state index contributed by atoms with van der Waals surface area (Å²) in [5, 5.41) is 10.6. The number of aryl methyl sites for hydroxylation is 1. The van der Waals surface area contributed by atoms with E-state index in [0.717, 1.165) is 27.1 Å². The molecule has 1 atom stereocenters. The summed E-state index contributed by atoms with van der Waals surface area (Å²) >= 11 is 3.34. The third-order valence-electron chi connectivity index (χ3n) is 4.49. The van der Waals surface area contributed by atoms with Crippen molar-refractivity contribution in [2.24, 2.45) is 0 Å². The molecular weight excluding hydrogens is 408 g/mol. The predicted octanol–water partition coefficient (Wildman–Crippen LogP) is 3.40. The maximum absolute atomic E-state index is 13.9. The summed E-state index contributed by atoms with van der Waals surface area (Å²) in [6.07, 6.45) is 0.233. The largest absolute Gasteiger partial charge is 0.373 e. The lowest BCUT2D eigenvalue weighted by Crippen LogP contribution is -2.47. The van der Waals surface area contributed by atoms with Gasteiger partial charge in [-0.3, -0.25) is 9.59 Å². The molecule has 26 heavy (non-hydrogen) atoms. The average molecular weight is 424 g/mol. The Hall–Kier alpha value is -2.12. The standard InChI is InChI=1S/C19H16BrF2NO3/c20-13-3-1-2-12(10-13)4-7-17(24)19(26)8-9-23(18(19)25)16-6-5-14(21)11-15(16)22/h1-3,5-6,10-11,26H,4,7-9H2/t19-/m0/s1. The molecule has 4 nitrogen and oxygen atoms in total. The van der Waals surface area contributed by atoms with Crippen LogP contribution < -0.4 is 4.90 Å². The summed E-state index contributed by atoms with van der Waals surface area (Å²) in [6, 6.07) is 10.2. The van der Waals surface area contributed by atoms with Gasteiger partial charge in [0.05, 0.1) is 5.69 Å². The molecule has 1 N–H and O–H groups in total. The molecule has 0 saturated carbocycles. The van der Waals surface area contributed by atoms with Crippen LogP contribution in [0.2, 0.25) is 0 Å². The minimum absolute atomic E-state index is 0.0134. The number of aliphatic hydroxyl groups is 1. The second kappa shape index (κ2) is 7.25. The van der Waals surface area contributed by atoms with Gasteiger partial charge in [-0.2, -0.15) is 0 Å². The van der Waals surface area contributed by atoms with E-state index in [1.54, 1.807) is 0 Å². The summed E-state index contributed by atoms with van der Waals surface area (Å²) < 4.78 is 27.9. The van der Waals surface area contributed by atoms with E-state index in [4.69, 9.17) is 0 Å². The lowest BCUT2D eigenvalue weighted by molar-refractivity contribution is -0.147. The Morgan fingerprint density at radius 2 is 2.00 bits per heavy atom. The SMILES string of the molecule is O=C(CCc1cccc(Br)c1)[C@@]1(O)CCN(c2ccc(F)cc2F)C1=O. The van der Waals surface area contributed by atoms with Crippen LogP contribution in [0.1, 0.15) is 18.4 Å². The molecule has 0 spiro atoms.